The standard InChI is InChI=1S/C13H19FN2O3/c1-3-6-16(7-8-17)13(18)15-11-5-4-10(14)9-12(11)19-2/h4-5,9,17H,3,6-8H2,1-2H3,(H,15,18). The first-order valence-electron chi connectivity index (χ1n) is 6.12. The smallest absolute Gasteiger partial charge is 0.322 e. The Bertz CT molecular complexity index is 420. The van der Waals surface area contributed by atoms with E-state index in [9.17, 15) is 9.18 Å². The predicted octanol–water partition coefficient (Wildman–Crippen LogP) is 2.07. The molecule has 0 fully saturated rings. The molecule has 1 rings (SSSR count). The molecule has 0 aliphatic rings. The summed E-state index contributed by atoms with van der Waals surface area (Å²) >= 11 is 0. The molecular formula is C13H19FN2O3. The number of hydrogen-bond acceptors (Lipinski definition) is 3. The number of carbonyl (C=O) groups excluding carboxylic acids is 1. The number of hydrogen-bond donors (Lipinski definition) is 2. The molecule has 0 radical (unpaired) electrons. The van der Waals surface area contributed by atoms with Crippen molar-refractivity contribution in [3.8, 4) is 5.75 Å². The Morgan fingerprint density at radius 1 is 1.47 bits per heavy atom. The minimum Gasteiger partial charge on any atom is -0.494 e. The van der Waals surface area contributed by atoms with E-state index in [2.05, 4.69) is 5.32 Å². The van der Waals surface area contributed by atoms with Gasteiger partial charge >= 0.3 is 6.03 Å². The summed E-state index contributed by atoms with van der Waals surface area (Å²) in [5.41, 5.74) is 0.396. The van der Waals surface area contributed by atoms with Gasteiger partial charge in [-0.2, -0.15) is 0 Å². The Balaban J connectivity index is 2.79. The van der Waals surface area contributed by atoms with Crippen molar-refractivity contribution in [3.63, 3.8) is 0 Å². The van der Waals surface area contributed by atoms with Crippen LogP contribution >= 0.6 is 0 Å². The maximum atomic E-state index is 13.0. The summed E-state index contributed by atoms with van der Waals surface area (Å²) in [6, 6.07) is 3.54. The maximum Gasteiger partial charge on any atom is 0.322 e. The highest BCUT2D eigenvalue weighted by atomic mass is 19.1. The van der Waals surface area contributed by atoms with Crippen molar-refractivity contribution in [2.75, 3.05) is 32.1 Å². The number of nitrogens with one attached hydrogen (secondary N) is 1. The molecule has 0 atom stereocenters. The van der Waals surface area contributed by atoms with Crippen LogP contribution in [0.4, 0.5) is 14.9 Å². The van der Waals surface area contributed by atoms with E-state index in [1.54, 1.807) is 0 Å². The number of halogens is 1. The summed E-state index contributed by atoms with van der Waals surface area (Å²) in [6.45, 7) is 2.63. The van der Waals surface area contributed by atoms with Gasteiger partial charge in [0.1, 0.15) is 11.6 Å². The van der Waals surface area contributed by atoms with Gasteiger partial charge in [-0.1, -0.05) is 6.92 Å². The molecule has 1 aromatic rings. The number of amides is 2. The molecule has 2 N–H and O–H groups in total. The minimum absolute atomic E-state index is 0.103. The van der Waals surface area contributed by atoms with Gasteiger partial charge in [0, 0.05) is 19.2 Å². The molecule has 0 saturated carbocycles. The molecule has 0 aliphatic carbocycles. The van der Waals surface area contributed by atoms with Crippen molar-refractivity contribution >= 4 is 11.7 Å². The van der Waals surface area contributed by atoms with E-state index in [1.807, 2.05) is 6.92 Å². The first-order chi connectivity index (χ1) is 9.12. The third-order valence-corrected chi connectivity index (χ3v) is 2.56. The van der Waals surface area contributed by atoms with Crippen LogP contribution in [0.3, 0.4) is 0 Å². The highest BCUT2D eigenvalue weighted by Gasteiger charge is 2.14. The molecule has 0 heterocycles. The van der Waals surface area contributed by atoms with Gasteiger partial charge in [0.05, 0.1) is 19.4 Å². The number of ether oxygens (including phenoxy) is 1. The van der Waals surface area contributed by atoms with Gasteiger partial charge in [-0.05, 0) is 18.6 Å². The van der Waals surface area contributed by atoms with Crippen LogP contribution in [0.15, 0.2) is 18.2 Å². The van der Waals surface area contributed by atoms with Crippen molar-refractivity contribution in [2.45, 2.75) is 13.3 Å². The Morgan fingerprint density at radius 3 is 2.79 bits per heavy atom. The van der Waals surface area contributed by atoms with Crippen LogP contribution in [-0.4, -0.2) is 42.8 Å². The van der Waals surface area contributed by atoms with E-state index in [-0.39, 0.29) is 24.9 Å². The van der Waals surface area contributed by atoms with Crippen LogP contribution in [0, 0.1) is 5.82 Å². The van der Waals surface area contributed by atoms with Crippen LogP contribution < -0.4 is 10.1 Å². The molecule has 5 nitrogen and oxygen atoms in total. The molecule has 0 spiro atoms. The summed E-state index contributed by atoms with van der Waals surface area (Å²) in [6.07, 6.45) is 0.786. The molecule has 1 aromatic carbocycles. The SMILES string of the molecule is CCCN(CCO)C(=O)Nc1ccc(F)cc1OC. The number of aliphatic hydroxyl groups is 1. The molecule has 2 amide bonds. The zero-order valence-electron chi connectivity index (χ0n) is 11.1. The van der Waals surface area contributed by atoms with Gasteiger partial charge in [-0.15, -0.1) is 0 Å². The molecule has 106 valence electrons. The molecule has 0 aromatic heterocycles. The summed E-state index contributed by atoms with van der Waals surface area (Å²) in [7, 11) is 1.40. The third kappa shape index (κ3) is 4.40. The lowest BCUT2D eigenvalue weighted by molar-refractivity contribution is 0.188. The second kappa shape index (κ2) is 7.58. The van der Waals surface area contributed by atoms with Gasteiger partial charge in [0.25, 0.3) is 0 Å². The fourth-order valence-corrected chi connectivity index (χ4v) is 1.67. The molecule has 19 heavy (non-hydrogen) atoms. The van der Waals surface area contributed by atoms with Crippen molar-refractivity contribution in [2.24, 2.45) is 0 Å². The summed E-state index contributed by atoms with van der Waals surface area (Å²) in [5, 5.41) is 11.6. The molecule has 0 saturated heterocycles. The number of rotatable bonds is 6. The fourth-order valence-electron chi connectivity index (χ4n) is 1.67. The Morgan fingerprint density at radius 2 is 2.21 bits per heavy atom. The number of methoxy groups -OCH3 is 1. The number of carbonyl (C=O) groups is 1. The van der Waals surface area contributed by atoms with Crippen LogP contribution in [-0.2, 0) is 0 Å². The second-order valence-corrected chi connectivity index (χ2v) is 3.99. The zero-order chi connectivity index (χ0) is 14.3. The quantitative estimate of drug-likeness (QED) is 0.832. The number of anilines is 1. The van der Waals surface area contributed by atoms with E-state index in [1.165, 1.54) is 30.2 Å². The van der Waals surface area contributed by atoms with E-state index >= 15 is 0 Å². The third-order valence-electron chi connectivity index (χ3n) is 2.56. The summed E-state index contributed by atoms with van der Waals surface area (Å²) in [5.74, 6) is -0.176. The van der Waals surface area contributed by atoms with Crippen molar-refractivity contribution in [1.29, 1.82) is 0 Å². The molecular weight excluding hydrogens is 251 g/mol. The zero-order valence-corrected chi connectivity index (χ0v) is 11.1. The van der Waals surface area contributed by atoms with E-state index < -0.39 is 5.82 Å². The fraction of sp³-hybridized carbons (Fsp3) is 0.462. The Kier molecular flexibility index (Phi) is 6.08. The molecule has 0 bridgehead atoms. The summed E-state index contributed by atoms with van der Waals surface area (Å²) in [4.78, 5) is 13.5. The number of benzene rings is 1. The monoisotopic (exact) mass is 270 g/mol. The lowest BCUT2D eigenvalue weighted by Crippen LogP contribution is -2.37. The van der Waals surface area contributed by atoms with Gasteiger partial charge < -0.3 is 20.1 Å². The lowest BCUT2D eigenvalue weighted by atomic mass is 10.3. The normalized spacial score (nSPS) is 10.1. The highest BCUT2D eigenvalue weighted by molar-refractivity contribution is 5.91. The average Bonchev–Trinajstić information content (AvgIpc) is 2.40. The molecule has 6 heteroatoms. The van der Waals surface area contributed by atoms with Crippen LogP contribution in [0.1, 0.15) is 13.3 Å². The van der Waals surface area contributed by atoms with Gasteiger partial charge in [-0.3, -0.25) is 0 Å². The van der Waals surface area contributed by atoms with E-state index in [0.717, 1.165) is 6.42 Å². The lowest BCUT2D eigenvalue weighted by Gasteiger charge is -2.22. The number of aliphatic hydroxyl groups excluding tert-OH is 1. The first kappa shape index (κ1) is 15.2. The number of urea groups is 1. The highest BCUT2D eigenvalue weighted by Crippen LogP contribution is 2.25. The van der Waals surface area contributed by atoms with Gasteiger partial charge in [-0.25, -0.2) is 9.18 Å². The van der Waals surface area contributed by atoms with Crippen molar-refractivity contribution < 1.29 is 19.0 Å². The predicted molar refractivity (Wildman–Crippen MR) is 70.9 cm³/mol. The van der Waals surface area contributed by atoms with E-state index in [0.29, 0.717) is 12.2 Å². The van der Waals surface area contributed by atoms with Crippen LogP contribution in [0.2, 0.25) is 0 Å². The number of nitrogens with zero attached hydrogens (tertiary/aromatic N) is 1. The first-order valence-corrected chi connectivity index (χ1v) is 6.12. The molecule has 0 aliphatic heterocycles. The van der Waals surface area contributed by atoms with Crippen molar-refractivity contribution in [1.82, 2.24) is 4.90 Å². The van der Waals surface area contributed by atoms with Crippen molar-refractivity contribution in [3.05, 3.63) is 24.0 Å². The average molecular weight is 270 g/mol. The van der Waals surface area contributed by atoms with Crippen LogP contribution in [0.5, 0.6) is 5.75 Å². The second-order valence-electron chi connectivity index (χ2n) is 3.99. The maximum absolute atomic E-state index is 13.0. The van der Waals surface area contributed by atoms with Crippen LogP contribution in [0.25, 0.3) is 0 Å². The summed E-state index contributed by atoms with van der Waals surface area (Å²) < 4.78 is 18.0. The minimum atomic E-state index is -0.435. The van der Waals surface area contributed by atoms with Gasteiger partial charge in [0.15, 0.2) is 0 Å². The Hall–Kier alpha value is -1.82. The molecule has 0 unspecified atom stereocenters. The Labute approximate surface area is 112 Å². The van der Waals surface area contributed by atoms with Gasteiger partial charge in [0.2, 0.25) is 0 Å². The largest absolute Gasteiger partial charge is 0.494 e. The van der Waals surface area contributed by atoms with E-state index in [4.69, 9.17) is 9.84 Å². The topological polar surface area (TPSA) is 61.8 Å².